The van der Waals surface area contributed by atoms with Crippen molar-refractivity contribution < 1.29 is 12.8 Å². The van der Waals surface area contributed by atoms with Crippen LogP contribution in [0.1, 0.15) is 23.1 Å². The van der Waals surface area contributed by atoms with Gasteiger partial charge in [-0.15, -0.1) is 0 Å². The summed E-state index contributed by atoms with van der Waals surface area (Å²) >= 11 is 0. The van der Waals surface area contributed by atoms with Crippen LogP contribution in [0.3, 0.4) is 0 Å². The molecular formula is C18H24FN5O2S. The molecule has 2 aromatic rings. The fraction of sp³-hybridized carbons (Fsp3) is 0.278. The Balaban J connectivity index is 0.000000337. The summed E-state index contributed by atoms with van der Waals surface area (Å²) in [6.07, 6.45) is 0.642. The van der Waals surface area contributed by atoms with Crippen molar-refractivity contribution in [3.63, 3.8) is 0 Å². The molecule has 146 valence electrons. The van der Waals surface area contributed by atoms with Crippen molar-refractivity contribution in [2.24, 2.45) is 16.6 Å². The van der Waals surface area contributed by atoms with Gasteiger partial charge in [0.05, 0.1) is 11.3 Å². The Morgan fingerprint density at radius 3 is 2.37 bits per heavy atom. The van der Waals surface area contributed by atoms with Gasteiger partial charge >= 0.3 is 0 Å². The standard InChI is InChI=1S/C10H13FN4O2S.C8H11N/c11-8-5-9(15-3-1-2-12)7(6-13)4-10(8)18(14,16)17;1-7-4-2-3-5-8(7)6-9/h4-5,15H,1-3,12H2,(H2,14,16,17);2-5H,6,9H2,1H3. The van der Waals surface area contributed by atoms with Gasteiger partial charge in [-0.1, -0.05) is 24.3 Å². The molecule has 0 aromatic heterocycles. The Kier molecular flexibility index (Phi) is 8.84. The van der Waals surface area contributed by atoms with Crippen LogP contribution in [0.5, 0.6) is 0 Å². The molecule has 0 saturated carbocycles. The molecule has 0 aliphatic rings. The van der Waals surface area contributed by atoms with E-state index in [1.807, 2.05) is 12.1 Å². The number of nitriles is 1. The zero-order chi connectivity index (χ0) is 20.4. The molecule has 2 aromatic carbocycles. The predicted octanol–water partition coefficient (Wildman–Crippen LogP) is 1.56. The average molecular weight is 393 g/mol. The van der Waals surface area contributed by atoms with Crippen molar-refractivity contribution in [3.8, 4) is 6.07 Å². The number of rotatable bonds is 6. The summed E-state index contributed by atoms with van der Waals surface area (Å²) in [5.41, 5.74) is 13.5. The van der Waals surface area contributed by atoms with Crippen molar-refractivity contribution in [2.75, 3.05) is 18.4 Å². The first-order chi connectivity index (χ1) is 12.7. The third kappa shape index (κ3) is 6.96. The fourth-order valence-corrected chi connectivity index (χ4v) is 2.79. The molecule has 0 radical (unpaired) electrons. The lowest BCUT2D eigenvalue weighted by atomic mass is 10.1. The number of halogens is 1. The maximum Gasteiger partial charge on any atom is 0.241 e. The monoisotopic (exact) mass is 393 g/mol. The smallest absolute Gasteiger partial charge is 0.241 e. The first-order valence-electron chi connectivity index (χ1n) is 8.19. The van der Waals surface area contributed by atoms with Gasteiger partial charge in [0, 0.05) is 13.1 Å². The molecule has 0 heterocycles. The maximum atomic E-state index is 13.5. The third-order valence-corrected chi connectivity index (χ3v) is 4.60. The van der Waals surface area contributed by atoms with E-state index in [1.54, 1.807) is 6.07 Å². The Hall–Kier alpha value is -2.51. The highest BCUT2D eigenvalue weighted by Gasteiger charge is 2.17. The average Bonchev–Trinajstić information content (AvgIpc) is 2.62. The van der Waals surface area contributed by atoms with Crippen LogP contribution >= 0.6 is 0 Å². The number of benzene rings is 2. The molecule has 7 N–H and O–H groups in total. The highest BCUT2D eigenvalue weighted by molar-refractivity contribution is 7.89. The van der Waals surface area contributed by atoms with E-state index in [4.69, 9.17) is 21.9 Å². The Bertz CT molecular complexity index is 910. The van der Waals surface area contributed by atoms with Crippen molar-refractivity contribution in [3.05, 3.63) is 58.9 Å². The summed E-state index contributed by atoms with van der Waals surface area (Å²) in [6, 6.07) is 11.8. The van der Waals surface area contributed by atoms with Crippen LogP contribution in [0.15, 0.2) is 41.3 Å². The van der Waals surface area contributed by atoms with E-state index in [-0.39, 0.29) is 11.3 Å². The lowest BCUT2D eigenvalue weighted by Crippen LogP contribution is -2.15. The van der Waals surface area contributed by atoms with Crippen LogP contribution in [0.25, 0.3) is 0 Å². The molecule has 0 unspecified atom stereocenters. The highest BCUT2D eigenvalue weighted by atomic mass is 32.2. The van der Waals surface area contributed by atoms with Gasteiger partial charge in [0.1, 0.15) is 16.8 Å². The van der Waals surface area contributed by atoms with Crippen molar-refractivity contribution in [2.45, 2.75) is 24.8 Å². The summed E-state index contributed by atoms with van der Waals surface area (Å²) in [5.74, 6) is -0.994. The van der Waals surface area contributed by atoms with Crippen molar-refractivity contribution >= 4 is 15.7 Å². The van der Waals surface area contributed by atoms with E-state index < -0.39 is 20.7 Å². The van der Waals surface area contributed by atoms with Crippen LogP contribution in [-0.2, 0) is 16.6 Å². The fourth-order valence-electron chi connectivity index (χ4n) is 2.17. The van der Waals surface area contributed by atoms with Gasteiger partial charge in [0.2, 0.25) is 10.0 Å². The molecule has 7 nitrogen and oxygen atoms in total. The number of nitrogens with two attached hydrogens (primary N) is 3. The number of aryl methyl sites for hydroxylation is 1. The lowest BCUT2D eigenvalue weighted by molar-refractivity contribution is 0.568. The minimum Gasteiger partial charge on any atom is -0.384 e. The number of hydrogen-bond acceptors (Lipinski definition) is 6. The SMILES string of the molecule is Cc1ccccc1CN.N#Cc1cc(S(N)(=O)=O)c(F)cc1NCCCN. The molecule has 2 rings (SSSR count). The van der Waals surface area contributed by atoms with Gasteiger partial charge in [-0.2, -0.15) is 5.26 Å². The van der Waals surface area contributed by atoms with Crippen LogP contribution in [-0.4, -0.2) is 21.5 Å². The van der Waals surface area contributed by atoms with Crippen molar-refractivity contribution in [1.82, 2.24) is 0 Å². The van der Waals surface area contributed by atoms with Crippen LogP contribution in [0.4, 0.5) is 10.1 Å². The third-order valence-electron chi connectivity index (χ3n) is 3.68. The molecule has 27 heavy (non-hydrogen) atoms. The Labute approximate surface area is 159 Å². The number of nitrogens with zero attached hydrogens (tertiary/aromatic N) is 1. The number of anilines is 1. The molecule has 0 atom stereocenters. The highest BCUT2D eigenvalue weighted by Crippen LogP contribution is 2.22. The largest absolute Gasteiger partial charge is 0.384 e. The van der Waals surface area contributed by atoms with Gasteiger partial charge < -0.3 is 16.8 Å². The second-order valence-electron chi connectivity index (χ2n) is 5.68. The summed E-state index contributed by atoms with van der Waals surface area (Å²) in [6.45, 7) is 3.63. The van der Waals surface area contributed by atoms with Gasteiger partial charge in [0.15, 0.2) is 0 Å². The topological polar surface area (TPSA) is 148 Å². The summed E-state index contributed by atoms with van der Waals surface area (Å²) in [4.78, 5) is -0.691. The maximum absolute atomic E-state index is 13.5. The van der Waals surface area contributed by atoms with E-state index >= 15 is 0 Å². The quantitative estimate of drug-likeness (QED) is 0.547. The molecule has 0 spiro atoms. The molecule has 0 bridgehead atoms. The van der Waals surface area contributed by atoms with Crippen LogP contribution in [0, 0.1) is 24.1 Å². The molecule has 0 saturated heterocycles. The normalized spacial score (nSPS) is 10.5. The van der Waals surface area contributed by atoms with E-state index in [0.717, 1.165) is 12.1 Å². The molecule has 0 amide bonds. The Morgan fingerprint density at radius 2 is 1.89 bits per heavy atom. The second kappa shape index (κ2) is 10.6. The zero-order valence-electron chi connectivity index (χ0n) is 15.1. The first kappa shape index (κ1) is 22.5. The minimum absolute atomic E-state index is 0.0115. The van der Waals surface area contributed by atoms with E-state index in [0.29, 0.717) is 26.1 Å². The van der Waals surface area contributed by atoms with Gasteiger partial charge in [-0.3, -0.25) is 0 Å². The number of nitrogens with one attached hydrogen (secondary N) is 1. The minimum atomic E-state index is -4.18. The molecule has 9 heteroatoms. The predicted molar refractivity (Wildman–Crippen MR) is 104 cm³/mol. The number of sulfonamides is 1. The molecular weight excluding hydrogens is 369 g/mol. The van der Waals surface area contributed by atoms with Gasteiger partial charge in [0.25, 0.3) is 0 Å². The number of primary sulfonamides is 1. The summed E-state index contributed by atoms with van der Waals surface area (Å²) in [5, 5.41) is 16.5. The molecule has 0 aliphatic carbocycles. The first-order valence-corrected chi connectivity index (χ1v) is 9.74. The van der Waals surface area contributed by atoms with Crippen molar-refractivity contribution in [1.29, 1.82) is 5.26 Å². The second-order valence-corrected chi connectivity index (χ2v) is 7.21. The summed E-state index contributed by atoms with van der Waals surface area (Å²) in [7, 11) is -4.18. The zero-order valence-corrected chi connectivity index (χ0v) is 15.9. The van der Waals surface area contributed by atoms with E-state index in [9.17, 15) is 12.8 Å². The van der Waals surface area contributed by atoms with E-state index in [2.05, 4.69) is 24.4 Å². The van der Waals surface area contributed by atoms with Gasteiger partial charge in [-0.05, 0) is 43.1 Å². The van der Waals surface area contributed by atoms with E-state index in [1.165, 1.54) is 11.1 Å². The Morgan fingerprint density at radius 1 is 1.22 bits per heavy atom. The van der Waals surface area contributed by atoms with Crippen LogP contribution in [0.2, 0.25) is 0 Å². The van der Waals surface area contributed by atoms with Crippen LogP contribution < -0.4 is 21.9 Å². The lowest BCUT2D eigenvalue weighted by Gasteiger charge is -2.09. The van der Waals surface area contributed by atoms with Gasteiger partial charge in [-0.25, -0.2) is 17.9 Å². The summed E-state index contributed by atoms with van der Waals surface area (Å²) < 4.78 is 35.7. The molecule has 0 aliphatic heterocycles. The molecule has 0 fully saturated rings. The number of hydrogen-bond donors (Lipinski definition) is 4.